The molecule has 28 heavy (non-hydrogen) atoms. The first-order valence-electron chi connectivity index (χ1n) is 8.91. The number of carbonyl (C=O) groups excluding carboxylic acids is 2. The van der Waals surface area contributed by atoms with E-state index in [-0.39, 0.29) is 5.76 Å². The van der Waals surface area contributed by atoms with Gasteiger partial charge in [-0.1, -0.05) is 30.3 Å². The summed E-state index contributed by atoms with van der Waals surface area (Å²) in [6, 6.07) is 15.0. The second kappa shape index (κ2) is 6.81. The van der Waals surface area contributed by atoms with Gasteiger partial charge in [-0.3, -0.25) is 25.4 Å². The highest BCUT2D eigenvalue weighted by Crippen LogP contribution is 2.24. The van der Waals surface area contributed by atoms with Crippen molar-refractivity contribution in [2.45, 2.75) is 20.8 Å². The van der Waals surface area contributed by atoms with Crippen molar-refractivity contribution in [3.63, 3.8) is 0 Å². The molecule has 0 aliphatic heterocycles. The van der Waals surface area contributed by atoms with E-state index in [9.17, 15) is 9.59 Å². The summed E-state index contributed by atoms with van der Waals surface area (Å²) in [5.41, 5.74) is 9.14. The van der Waals surface area contributed by atoms with Crippen LogP contribution in [0, 0.1) is 20.8 Å². The topological polar surface area (TPSA) is 84.2 Å². The van der Waals surface area contributed by atoms with E-state index in [1.54, 1.807) is 19.1 Å². The van der Waals surface area contributed by atoms with Crippen molar-refractivity contribution in [1.29, 1.82) is 0 Å². The summed E-state index contributed by atoms with van der Waals surface area (Å²) in [7, 11) is 0. The predicted molar refractivity (Wildman–Crippen MR) is 107 cm³/mol. The summed E-state index contributed by atoms with van der Waals surface area (Å²) >= 11 is 0. The molecule has 0 saturated carbocycles. The fourth-order valence-electron chi connectivity index (χ4n) is 3.23. The Bertz CT molecular complexity index is 1240. The number of carbonyl (C=O) groups is 2. The number of fused-ring (bicyclic) bond motifs is 2. The molecule has 0 atom stereocenters. The third-order valence-electron chi connectivity index (χ3n) is 4.75. The molecular formula is C22H19N3O3. The molecule has 6 nitrogen and oxygen atoms in total. The number of hydrazine groups is 1. The number of amides is 2. The van der Waals surface area contributed by atoms with E-state index in [1.807, 2.05) is 50.2 Å². The summed E-state index contributed by atoms with van der Waals surface area (Å²) in [5, 5.41) is 1.73. The van der Waals surface area contributed by atoms with Gasteiger partial charge in [0, 0.05) is 16.3 Å². The fraction of sp³-hybridized carbons (Fsp3) is 0.136. The van der Waals surface area contributed by atoms with E-state index in [1.165, 1.54) is 0 Å². The van der Waals surface area contributed by atoms with Crippen LogP contribution in [0.3, 0.4) is 0 Å². The van der Waals surface area contributed by atoms with Gasteiger partial charge in [0.15, 0.2) is 5.76 Å². The van der Waals surface area contributed by atoms with Crippen molar-refractivity contribution >= 4 is 33.7 Å². The van der Waals surface area contributed by atoms with E-state index >= 15 is 0 Å². The lowest BCUT2D eigenvalue weighted by atomic mass is 10.1. The molecule has 140 valence electrons. The maximum atomic E-state index is 12.6. The zero-order chi connectivity index (χ0) is 19.8. The molecule has 0 spiro atoms. The molecule has 0 aliphatic carbocycles. The number of benzene rings is 2. The maximum Gasteiger partial charge on any atom is 0.305 e. The van der Waals surface area contributed by atoms with Crippen LogP contribution >= 0.6 is 0 Å². The largest absolute Gasteiger partial charge is 0.451 e. The Morgan fingerprint density at radius 2 is 1.68 bits per heavy atom. The van der Waals surface area contributed by atoms with Crippen LogP contribution in [0.4, 0.5) is 0 Å². The van der Waals surface area contributed by atoms with Gasteiger partial charge in [-0.05, 0) is 44.5 Å². The van der Waals surface area contributed by atoms with Crippen molar-refractivity contribution in [2.75, 3.05) is 0 Å². The van der Waals surface area contributed by atoms with Crippen molar-refractivity contribution in [2.24, 2.45) is 0 Å². The Kier molecular flexibility index (Phi) is 4.31. The van der Waals surface area contributed by atoms with Gasteiger partial charge in [0.05, 0.1) is 16.8 Å². The molecule has 2 aromatic heterocycles. The molecule has 2 N–H and O–H groups in total. The normalized spacial score (nSPS) is 11.0. The molecule has 4 aromatic rings. The number of para-hydroxylation sites is 1. The number of hydrogen-bond acceptors (Lipinski definition) is 4. The van der Waals surface area contributed by atoms with Crippen LogP contribution in [0.5, 0.6) is 0 Å². The molecule has 0 aliphatic rings. The summed E-state index contributed by atoms with van der Waals surface area (Å²) < 4.78 is 5.62. The monoisotopic (exact) mass is 373 g/mol. The van der Waals surface area contributed by atoms with Crippen molar-refractivity contribution in [3.8, 4) is 0 Å². The molecule has 0 saturated heterocycles. The molecular weight excluding hydrogens is 354 g/mol. The number of rotatable bonds is 2. The summed E-state index contributed by atoms with van der Waals surface area (Å²) in [6.07, 6.45) is 0. The zero-order valence-corrected chi connectivity index (χ0v) is 15.8. The van der Waals surface area contributed by atoms with Crippen LogP contribution in [0.2, 0.25) is 0 Å². The first-order chi connectivity index (χ1) is 13.4. The third kappa shape index (κ3) is 3.09. The van der Waals surface area contributed by atoms with Gasteiger partial charge in [0.2, 0.25) is 0 Å². The smallest absolute Gasteiger partial charge is 0.305 e. The van der Waals surface area contributed by atoms with Crippen LogP contribution in [0.1, 0.15) is 37.7 Å². The van der Waals surface area contributed by atoms with E-state index in [2.05, 4.69) is 15.8 Å². The number of hydrogen-bond donors (Lipinski definition) is 2. The third-order valence-corrected chi connectivity index (χ3v) is 4.75. The minimum absolute atomic E-state index is 0.172. The molecule has 2 heterocycles. The lowest BCUT2D eigenvalue weighted by Crippen LogP contribution is -2.42. The number of pyridine rings is 1. The minimum atomic E-state index is -0.510. The molecule has 0 unspecified atom stereocenters. The molecule has 4 rings (SSSR count). The minimum Gasteiger partial charge on any atom is -0.451 e. The Hall–Kier alpha value is -3.67. The van der Waals surface area contributed by atoms with Gasteiger partial charge < -0.3 is 4.42 Å². The number of furan rings is 1. The van der Waals surface area contributed by atoms with Crippen molar-refractivity contribution in [3.05, 3.63) is 76.7 Å². The first kappa shape index (κ1) is 17.7. The number of nitrogens with one attached hydrogen (secondary N) is 2. The molecule has 0 radical (unpaired) electrons. The average Bonchev–Trinajstić information content (AvgIpc) is 3.02. The van der Waals surface area contributed by atoms with Gasteiger partial charge in [-0.2, -0.15) is 0 Å². The van der Waals surface area contributed by atoms with Gasteiger partial charge in [0.25, 0.3) is 5.91 Å². The summed E-state index contributed by atoms with van der Waals surface area (Å²) in [6.45, 7) is 5.57. The van der Waals surface area contributed by atoms with Crippen LogP contribution in [-0.2, 0) is 0 Å². The fourth-order valence-corrected chi connectivity index (χ4v) is 3.23. The Morgan fingerprint density at radius 3 is 2.46 bits per heavy atom. The Balaban J connectivity index is 1.54. The number of aryl methyl sites for hydroxylation is 3. The number of nitrogens with zero attached hydrogens (tertiary/aromatic N) is 1. The Labute approximate surface area is 161 Å². The molecule has 0 bridgehead atoms. The van der Waals surface area contributed by atoms with Gasteiger partial charge in [-0.25, -0.2) is 0 Å². The van der Waals surface area contributed by atoms with Crippen LogP contribution < -0.4 is 10.9 Å². The first-order valence-corrected chi connectivity index (χ1v) is 8.91. The SMILES string of the molecule is Cc1ccc2cc(C(=O)NNC(=O)c3oc4ccccc4c3C)c(C)nc2c1. The van der Waals surface area contributed by atoms with Gasteiger partial charge >= 0.3 is 5.91 Å². The standard InChI is InChI=1S/C22H19N3O3/c1-12-8-9-15-11-17(14(3)23-18(15)10-12)21(26)24-25-22(27)20-13(2)16-6-4-5-7-19(16)28-20/h4-11H,1-3H3,(H,24,26)(H,25,27). The second-order valence-corrected chi connectivity index (χ2v) is 6.78. The quantitative estimate of drug-likeness (QED) is 0.521. The highest BCUT2D eigenvalue weighted by atomic mass is 16.3. The van der Waals surface area contributed by atoms with Crippen molar-refractivity contribution < 1.29 is 14.0 Å². The Morgan fingerprint density at radius 1 is 0.929 bits per heavy atom. The maximum absolute atomic E-state index is 12.6. The second-order valence-electron chi connectivity index (χ2n) is 6.78. The van der Waals surface area contributed by atoms with E-state index in [0.29, 0.717) is 16.8 Å². The van der Waals surface area contributed by atoms with E-state index < -0.39 is 11.8 Å². The lowest BCUT2D eigenvalue weighted by Gasteiger charge is -2.10. The van der Waals surface area contributed by atoms with E-state index in [0.717, 1.165) is 27.4 Å². The molecule has 0 fully saturated rings. The van der Waals surface area contributed by atoms with Crippen LogP contribution in [0.15, 0.2) is 52.9 Å². The van der Waals surface area contributed by atoms with Crippen LogP contribution in [0.25, 0.3) is 21.9 Å². The van der Waals surface area contributed by atoms with Crippen LogP contribution in [-0.4, -0.2) is 16.8 Å². The van der Waals surface area contributed by atoms with Gasteiger partial charge in [0.1, 0.15) is 5.58 Å². The highest BCUT2D eigenvalue weighted by molar-refractivity contribution is 6.02. The van der Waals surface area contributed by atoms with E-state index in [4.69, 9.17) is 4.42 Å². The molecule has 6 heteroatoms. The summed E-state index contributed by atoms with van der Waals surface area (Å²) in [5.74, 6) is -0.774. The average molecular weight is 373 g/mol. The van der Waals surface area contributed by atoms with Gasteiger partial charge in [-0.15, -0.1) is 0 Å². The highest BCUT2D eigenvalue weighted by Gasteiger charge is 2.19. The summed E-state index contributed by atoms with van der Waals surface area (Å²) in [4.78, 5) is 29.5. The molecule has 2 aromatic carbocycles. The predicted octanol–water partition coefficient (Wildman–Crippen LogP) is 3.98. The number of aromatic nitrogens is 1. The lowest BCUT2D eigenvalue weighted by molar-refractivity contribution is 0.0831. The molecule has 2 amide bonds. The van der Waals surface area contributed by atoms with Crippen molar-refractivity contribution in [1.82, 2.24) is 15.8 Å². The zero-order valence-electron chi connectivity index (χ0n) is 15.8.